The lowest BCUT2D eigenvalue weighted by Crippen LogP contribution is -2.47. The van der Waals surface area contributed by atoms with Crippen LogP contribution in [-0.2, 0) is 4.79 Å². The van der Waals surface area contributed by atoms with E-state index in [0.29, 0.717) is 19.1 Å². The van der Waals surface area contributed by atoms with Crippen molar-refractivity contribution >= 4 is 5.91 Å². The fourth-order valence-electron chi connectivity index (χ4n) is 2.59. The van der Waals surface area contributed by atoms with Crippen LogP contribution in [0.1, 0.15) is 26.2 Å². The summed E-state index contributed by atoms with van der Waals surface area (Å²) in [5.41, 5.74) is 5.47. The summed E-state index contributed by atoms with van der Waals surface area (Å²) in [7, 11) is 3.94. The predicted octanol–water partition coefficient (Wildman–Crippen LogP) is 0.210. The van der Waals surface area contributed by atoms with E-state index < -0.39 is 0 Å². The van der Waals surface area contributed by atoms with Gasteiger partial charge in [-0.3, -0.25) is 9.69 Å². The fraction of sp³-hybridized carbons (Fsp3) is 0.929. The summed E-state index contributed by atoms with van der Waals surface area (Å²) in [4.78, 5) is 18.5. The van der Waals surface area contributed by atoms with E-state index >= 15 is 0 Å². The molecule has 0 aromatic heterocycles. The Kier molecular flexibility index (Phi) is 7.34. The molecule has 1 aliphatic rings. The van der Waals surface area contributed by atoms with Crippen LogP contribution in [0.15, 0.2) is 0 Å². The summed E-state index contributed by atoms with van der Waals surface area (Å²) in [5, 5.41) is 0. The van der Waals surface area contributed by atoms with Gasteiger partial charge in [0.25, 0.3) is 0 Å². The molecule has 0 radical (unpaired) electrons. The standard InChI is InChI=1S/C14H30N4O/c1-4-18-10-6-13(7-11-18)17(3)12-14(19)16(2)9-5-8-15/h13H,4-12,15H2,1-3H3. The predicted molar refractivity (Wildman–Crippen MR) is 79.1 cm³/mol. The number of likely N-dealkylation sites (tertiary alicyclic amines) is 1. The molecule has 1 rings (SSSR count). The molecule has 1 saturated heterocycles. The zero-order valence-electron chi connectivity index (χ0n) is 12.8. The van der Waals surface area contributed by atoms with E-state index in [1.54, 1.807) is 4.90 Å². The Bertz CT molecular complexity index is 264. The van der Waals surface area contributed by atoms with Crippen LogP contribution in [-0.4, -0.2) is 80.0 Å². The SMILES string of the molecule is CCN1CCC(N(C)CC(=O)N(C)CCCN)CC1. The Balaban J connectivity index is 2.30. The van der Waals surface area contributed by atoms with E-state index in [2.05, 4.69) is 23.8 Å². The van der Waals surface area contributed by atoms with E-state index in [1.807, 2.05) is 7.05 Å². The number of rotatable bonds is 7. The van der Waals surface area contributed by atoms with Gasteiger partial charge >= 0.3 is 0 Å². The van der Waals surface area contributed by atoms with Crippen LogP contribution in [0.3, 0.4) is 0 Å². The minimum atomic E-state index is 0.203. The average Bonchev–Trinajstić information content (AvgIpc) is 2.44. The van der Waals surface area contributed by atoms with Crippen molar-refractivity contribution in [3.05, 3.63) is 0 Å². The van der Waals surface area contributed by atoms with Crippen LogP contribution in [0.25, 0.3) is 0 Å². The molecular weight excluding hydrogens is 240 g/mol. The van der Waals surface area contributed by atoms with Crippen molar-refractivity contribution in [1.82, 2.24) is 14.7 Å². The van der Waals surface area contributed by atoms with Gasteiger partial charge in [-0.15, -0.1) is 0 Å². The first kappa shape index (κ1) is 16.4. The highest BCUT2D eigenvalue weighted by atomic mass is 16.2. The lowest BCUT2D eigenvalue weighted by molar-refractivity contribution is -0.131. The summed E-state index contributed by atoms with van der Waals surface area (Å²) in [6, 6.07) is 0.551. The molecule has 0 atom stereocenters. The van der Waals surface area contributed by atoms with Crippen LogP contribution in [0, 0.1) is 0 Å². The summed E-state index contributed by atoms with van der Waals surface area (Å²) in [6.07, 6.45) is 3.22. The maximum Gasteiger partial charge on any atom is 0.236 e. The number of piperidine rings is 1. The number of amides is 1. The van der Waals surface area contributed by atoms with Crippen molar-refractivity contribution in [2.75, 3.05) is 53.4 Å². The van der Waals surface area contributed by atoms with Gasteiger partial charge in [-0.1, -0.05) is 6.92 Å². The molecule has 19 heavy (non-hydrogen) atoms. The molecule has 1 heterocycles. The highest BCUT2D eigenvalue weighted by Crippen LogP contribution is 2.14. The third-order valence-corrected chi connectivity index (χ3v) is 4.14. The van der Waals surface area contributed by atoms with Crippen molar-refractivity contribution in [1.29, 1.82) is 0 Å². The molecule has 0 spiro atoms. The minimum Gasteiger partial charge on any atom is -0.345 e. The molecule has 2 N–H and O–H groups in total. The van der Waals surface area contributed by atoms with Crippen molar-refractivity contribution in [2.45, 2.75) is 32.2 Å². The third-order valence-electron chi connectivity index (χ3n) is 4.14. The van der Waals surface area contributed by atoms with Crippen molar-refractivity contribution in [2.24, 2.45) is 5.73 Å². The molecule has 112 valence electrons. The molecule has 1 aliphatic heterocycles. The Labute approximate surface area is 117 Å². The number of nitrogens with two attached hydrogens (primary N) is 1. The fourth-order valence-corrected chi connectivity index (χ4v) is 2.59. The molecule has 0 aromatic rings. The van der Waals surface area contributed by atoms with Gasteiger partial charge in [-0.2, -0.15) is 0 Å². The molecular formula is C14H30N4O. The Morgan fingerprint density at radius 1 is 1.32 bits per heavy atom. The van der Waals surface area contributed by atoms with E-state index in [-0.39, 0.29) is 5.91 Å². The first-order valence-corrected chi connectivity index (χ1v) is 7.45. The van der Waals surface area contributed by atoms with E-state index in [9.17, 15) is 4.79 Å². The Hall–Kier alpha value is -0.650. The monoisotopic (exact) mass is 270 g/mol. The number of likely N-dealkylation sites (N-methyl/N-ethyl adjacent to an activating group) is 2. The van der Waals surface area contributed by atoms with Gasteiger partial charge in [0, 0.05) is 19.6 Å². The topological polar surface area (TPSA) is 52.8 Å². The molecule has 0 unspecified atom stereocenters. The Morgan fingerprint density at radius 3 is 2.47 bits per heavy atom. The largest absolute Gasteiger partial charge is 0.345 e. The van der Waals surface area contributed by atoms with Crippen LogP contribution >= 0.6 is 0 Å². The van der Waals surface area contributed by atoms with Crippen LogP contribution in [0.5, 0.6) is 0 Å². The zero-order valence-corrected chi connectivity index (χ0v) is 12.8. The minimum absolute atomic E-state index is 0.203. The van der Waals surface area contributed by atoms with Gasteiger partial charge in [-0.25, -0.2) is 0 Å². The molecule has 0 aliphatic carbocycles. The lowest BCUT2D eigenvalue weighted by Gasteiger charge is -2.36. The van der Waals surface area contributed by atoms with Gasteiger partial charge in [0.15, 0.2) is 0 Å². The lowest BCUT2D eigenvalue weighted by atomic mass is 10.0. The molecule has 5 nitrogen and oxygen atoms in total. The summed E-state index contributed by atoms with van der Waals surface area (Å²) in [5.74, 6) is 0.203. The van der Waals surface area contributed by atoms with Gasteiger partial charge in [-0.05, 0) is 52.5 Å². The van der Waals surface area contributed by atoms with Gasteiger partial charge < -0.3 is 15.5 Å². The second-order valence-corrected chi connectivity index (χ2v) is 5.54. The maximum atomic E-state index is 12.1. The molecule has 5 heteroatoms. The highest BCUT2D eigenvalue weighted by molar-refractivity contribution is 5.77. The second kappa shape index (κ2) is 8.51. The zero-order chi connectivity index (χ0) is 14.3. The Morgan fingerprint density at radius 2 is 1.95 bits per heavy atom. The third kappa shape index (κ3) is 5.47. The number of carbonyl (C=O) groups excluding carboxylic acids is 1. The van der Waals surface area contributed by atoms with E-state index in [4.69, 9.17) is 5.73 Å². The van der Waals surface area contributed by atoms with E-state index in [0.717, 1.165) is 32.6 Å². The number of hydrogen-bond acceptors (Lipinski definition) is 4. The summed E-state index contributed by atoms with van der Waals surface area (Å²) < 4.78 is 0. The summed E-state index contributed by atoms with van der Waals surface area (Å²) >= 11 is 0. The van der Waals surface area contributed by atoms with E-state index in [1.165, 1.54) is 12.8 Å². The second-order valence-electron chi connectivity index (χ2n) is 5.54. The van der Waals surface area contributed by atoms with Crippen LogP contribution < -0.4 is 5.73 Å². The molecule has 0 bridgehead atoms. The van der Waals surface area contributed by atoms with Gasteiger partial charge in [0.2, 0.25) is 5.91 Å². The van der Waals surface area contributed by atoms with Crippen molar-refractivity contribution < 1.29 is 4.79 Å². The average molecular weight is 270 g/mol. The first-order chi connectivity index (χ1) is 9.08. The quantitative estimate of drug-likeness (QED) is 0.718. The number of nitrogens with zero attached hydrogens (tertiary/aromatic N) is 3. The van der Waals surface area contributed by atoms with Crippen LogP contribution in [0.4, 0.5) is 0 Å². The molecule has 1 amide bonds. The molecule has 0 aromatic carbocycles. The van der Waals surface area contributed by atoms with Crippen molar-refractivity contribution in [3.8, 4) is 0 Å². The van der Waals surface area contributed by atoms with Crippen LogP contribution in [0.2, 0.25) is 0 Å². The first-order valence-electron chi connectivity index (χ1n) is 7.45. The van der Waals surface area contributed by atoms with Gasteiger partial charge in [0.05, 0.1) is 6.54 Å². The molecule has 1 fully saturated rings. The molecule has 0 saturated carbocycles. The number of carbonyl (C=O) groups is 1. The number of hydrogen-bond donors (Lipinski definition) is 1. The van der Waals surface area contributed by atoms with Crippen molar-refractivity contribution in [3.63, 3.8) is 0 Å². The normalized spacial score (nSPS) is 17.9. The smallest absolute Gasteiger partial charge is 0.236 e. The maximum absolute atomic E-state index is 12.1. The highest BCUT2D eigenvalue weighted by Gasteiger charge is 2.23. The summed E-state index contributed by atoms with van der Waals surface area (Å²) in [6.45, 7) is 7.58. The van der Waals surface area contributed by atoms with Gasteiger partial charge in [0.1, 0.15) is 0 Å².